The third-order valence-corrected chi connectivity index (χ3v) is 3.27. The normalized spacial score (nSPS) is 16.9. The highest BCUT2D eigenvalue weighted by Crippen LogP contribution is 2.18. The lowest BCUT2D eigenvalue weighted by molar-refractivity contribution is -0.00611. The Morgan fingerprint density at radius 1 is 1.47 bits per heavy atom. The van der Waals surface area contributed by atoms with E-state index in [0.29, 0.717) is 37.0 Å². The van der Waals surface area contributed by atoms with Gasteiger partial charge in [-0.25, -0.2) is 4.98 Å². The molecule has 1 aromatic heterocycles. The van der Waals surface area contributed by atoms with Crippen LogP contribution < -0.4 is 0 Å². The molecule has 0 atom stereocenters. The maximum absolute atomic E-state index is 12.3. The Kier molecular flexibility index (Phi) is 4.55. The average molecular weight is 268 g/mol. The van der Waals surface area contributed by atoms with Crippen molar-refractivity contribution in [1.82, 2.24) is 9.88 Å². The molecule has 1 aliphatic heterocycles. The lowest BCUT2D eigenvalue weighted by atomic mass is 10.1. The van der Waals surface area contributed by atoms with Crippen molar-refractivity contribution in [2.45, 2.75) is 32.8 Å². The molecule has 1 aliphatic rings. The summed E-state index contributed by atoms with van der Waals surface area (Å²) in [6.45, 7) is 5.20. The van der Waals surface area contributed by atoms with Crippen LogP contribution in [0.25, 0.3) is 0 Å². The van der Waals surface area contributed by atoms with Crippen LogP contribution in [-0.2, 0) is 4.74 Å². The van der Waals surface area contributed by atoms with Crippen LogP contribution in [0.15, 0.2) is 4.42 Å². The van der Waals surface area contributed by atoms with Gasteiger partial charge < -0.3 is 19.2 Å². The number of aromatic nitrogens is 1. The van der Waals surface area contributed by atoms with Crippen molar-refractivity contribution >= 4 is 5.91 Å². The summed E-state index contributed by atoms with van der Waals surface area (Å²) in [5.41, 5.74) is 0.640. The molecule has 1 amide bonds. The topological polar surface area (TPSA) is 75.8 Å². The van der Waals surface area contributed by atoms with Gasteiger partial charge in [-0.2, -0.15) is 0 Å². The highest BCUT2D eigenvalue weighted by Gasteiger charge is 2.27. The van der Waals surface area contributed by atoms with E-state index in [1.165, 1.54) is 0 Å². The minimum Gasteiger partial charge on any atom is -0.436 e. The van der Waals surface area contributed by atoms with Gasteiger partial charge in [0.1, 0.15) is 0 Å². The molecule has 1 saturated heterocycles. The summed E-state index contributed by atoms with van der Waals surface area (Å²) in [4.78, 5) is 18.2. The van der Waals surface area contributed by atoms with E-state index in [1.807, 2.05) is 0 Å². The molecule has 19 heavy (non-hydrogen) atoms. The molecule has 0 unspecified atom stereocenters. The van der Waals surface area contributed by atoms with Crippen molar-refractivity contribution < 1.29 is 19.1 Å². The zero-order valence-corrected chi connectivity index (χ0v) is 11.4. The number of carbonyl (C=O) groups is 1. The second-order valence-corrected chi connectivity index (χ2v) is 4.73. The smallest absolute Gasteiger partial charge is 0.291 e. The first-order chi connectivity index (χ1) is 9.11. The summed E-state index contributed by atoms with van der Waals surface area (Å²) in [6, 6.07) is 0. The van der Waals surface area contributed by atoms with E-state index < -0.39 is 0 Å². The van der Waals surface area contributed by atoms with Crippen LogP contribution in [0.4, 0.5) is 0 Å². The maximum atomic E-state index is 12.3. The molecule has 0 bridgehead atoms. The number of oxazole rings is 1. The van der Waals surface area contributed by atoms with Gasteiger partial charge in [-0.15, -0.1) is 0 Å². The number of amides is 1. The lowest BCUT2D eigenvalue weighted by Gasteiger charge is -2.31. The Balaban J connectivity index is 1.91. The molecule has 0 spiro atoms. The predicted molar refractivity (Wildman–Crippen MR) is 67.9 cm³/mol. The number of hydrogen-bond donors (Lipinski definition) is 1. The second kappa shape index (κ2) is 6.16. The maximum Gasteiger partial charge on any atom is 0.291 e. The third-order valence-electron chi connectivity index (χ3n) is 3.27. The van der Waals surface area contributed by atoms with Gasteiger partial charge >= 0.3 is 0 Å². The molecule has 6 nitrogen and oxygen atoms in total. The Morgan fingerprint density at radius 2 is 2.16 bits per heavy atom. The van der Waals surface area contributed by atoms with Crippen molar-refractivity contribution in [3.8, 4) is 0 Å². The number of aliphatic hydroxyl groups is 1. The highest BCUT2D eigenvalue weighted by atomic mass is 16.5. The number of likely N-dealkylation sites (tertiary alicyclic amines) is 1. The molecule has 1 aromatic rings. The van der Waals surface area contributed by atoms with Crippen LogP contribution in [0.3, 0.4) is 0 Å². The fourth-order valence-corrected chi connectivity index (χ4v) is 2.32. The fraction of sp³-hybridized carbons (Fsp3) is 0.692. The largest absolute Gasteiger partial charge is 0.436 e. The molecule has 0 radical (unpaired) electrons. The van der Waals surface area contributed by atoms with E-state index in [1.54, 1.807) is 18.7 Å². The number of hydrogen-bond acceptors (Lipinski definition) is 5. The summed E-state index contributed by atoms with van der Waals surface area (Å²) in [5.74, 6) is 0.757. The first kappa shape index (κ1) is 14.0. The molecule has 0 aliphatic carbocycles. The predicted octanol–water partition coefficient (Wildman–Crippen LogP) is 0.905. The zero-order chi connectivity index (χ0) is 13.8. The minimum atomic E-state index is -0.0984. The Morgan fingerprint density at radius 3 is 2.68 bits per heavy atom. The summed E-state index contributed by atoms with van der Waals surface area (Å²) in [5, 5.41) is 8.71. The van der Waals surface area contributed by atoms with Crippen LogP contribution in [0.5, 0.6) is 0 Å². The van der Waals surface area contributed by atoms with Crippen molar-refractivity contribution in [3.05, 3.63) is 17.3 Å². The quantitative estimate of drug-likeness (QED) is 0.878. The number of piperidine rings is 1. The van der Waals surface area contributed by atoms with Crippen LogP contribution in [0.1, 0.15) is 35.0 Å². The molecule has 106 valence electrons. The summed E-state index contributed by atoms with van der Waals surface area (Å²) in [6.07, 6.45) is 1.71. The Labute approximate surface area is 112 Å². The first-order valence-corrected chi connectivity index (χ1v) is 6.57. The molecule has 2 rings (SSSR count). The monoisotopic (exact) mass is 268 g/mol. The summed E-state index contributed by atoms with van der Waals surface area (Å²) >= 11 is 0. The number of carbonyl (C=O) groups excluding carboxylic acids is 1. The van der Waals surface area contributed by atoms with Gasteiger partial charge in [-0.05, 0) is 19.8 Å². The van der Waals surface area contributed by atoms with E-state index in [2.05, 4.69) is 4.98 Å². The van der Waals surface area contributed by atoms with Gasteiger partial charge in [-0.1, -0.05) is 0 Å². The van der Waals surface area contributed by atoms with Crippen molar-refractivity contribution in [2.75, 3.05) is 26.3 Å². The summed E-state index contributed by atoms with van der Waals surface area (Å²) in [7, 11) is 0. The van der Waals surface area contributed by atoms with E-state index in [-0.39, 0.29) is 18.6 Å². The first-order valence-electron chi connectivity index (χ1n) is 6.57. The number of aryl methyl sites for hydroxylation is 2. The van der Waals surface area contributed by atoms with Gasteiger partial charge in [0, 0.05) is 20.0 Å². The van der Waals surface area contributed by atoms with Crippen molar-refractivity contribution in [3.63, 3.8) is 0 Å². The van der Waals surface area contributed by atoms with E-state index in [0.717, 1.165) is 12.8 Å². The van der Waals surface area contributed by atoms with Crippen LogP contribution in [0, 0.1) is 13.8 Å². The number of rotatable bonds is 4. The van der Waals surface area contributed by atoms with Crippen LogP contribution in [-0.4, -0.2) is 53.3 Å². The molecular weight excluding hydrogens is 248 g/mol. The van der Waals surface area contributed by atoms with Crippen molar-refractivity contribution in [1.29, 1.82) is 0 Å². The average Bonchev–Trinajstić information content (AvgIpc) is 2.75. The summed E-state index contributed by atoms with van der Waals surface area (Å²) < 4.78 is 10.8. The SMILES string of the molecule is Cc1nc(C)c(C(=O)N2CCC(OCCO)CC2)o1. The van der Waals surface area contributed by atoms with E-state index in [9.17, 15) is 4.79 Å². The van der Waals surface area contributed by atoms with Gasteiger partial charge in [0.25, 0.3) is 5.91 Å². The molecule has 2 heterocycles. The second-order valence-electron chi connectivity index (χ2n) is 4.73. The number of ether oxygens (including phenoxy) is 1. The van der Waals surface area contributed by atoms with Gasteiger partial charge in [0.05, 0.1) is 25.0 Å². The van der Waals surface area contributed by atoms with Crippen LogP contribution >= 0.6 is 0 Å². The Bertz CT molecular complexity index is 436. The van der Waals surface area contributed by atoms with Crippen LogP contribution in [0.2, 0.25) is 0 Å². The van der Waals surface area contributed by atoms with Crippen molar-refractivity contribution in [2.24, 2.45) is 0 Å². The van der Waals surface area contributed by atoms with E-state index in [4.69, 9.17) is 14.3 Å². The standard InChI is InChI=1S/C13H20N2O4/c1-9-12(19-10(2)14-9)13(17)15-5-3-11(4-6-15)18-8-7-16/h11,16H,3-8H2,1-2H3. The van der Waals surface area contributed by atoms with Gasteiger partial charge in [0.15, 0.2) is 5.89 Å². The van der Waals surface area contributed by atoms with E-state index >= 15 is 0 Å². The molecule has 1 N–H and O–H groups in total. The highest BCUT2D eigenvalue weighted by molar-refractivity contribution is 5.92. The molecular formula is C13H20N2O4. The van der Waals surface area contributed by atoms with Gasteiger partial charge in [-0.3, -0.25) is 4.79 Å². The zero-order valence-electron chi connectivity index (χ0n) is 11.4. The number of nitrogens with zero attached hydrogens (tertiary/aromatic N) is 2. The molecule has 0 aromatic carbocycles. The number of aliphatic hydroxyl groups excluding tert-OH is 1. The lowest BCUT2D eigenvalue weighted by Crippen LogP contribution is -2.41. The Hall–Kier alpha value is -1.40. The third kappa shape index (κ3) is 3.33. The molecule has 6 heteroatoms. The molecule has 0 saturated carbocycles. The fourth-order valence-electron chi connectivity index (χ4n) is 2.32. The minimum absolute atomic E-state index is 0.0374. The van der Waals surface area contributed by atoms with Gasteiger partial charge in [0.2, 0.25) is 5.76 Å². The molecule has 1 fully saturated rings.